The summed E-state index contributed by atoms with van der Waals surface area (Å²) in [7, 11) is 1.59. The lowest BCUT2D eigenvalue weighted by Gasteiger charge is -2.12. The van der Waals surface area contributed by atoms with Gasteiger partial charge in [0.25, 0.3) is 0 Å². The Kier molecular flexibility index (Phi) is 5.69. The summed E-state index contributed by atoms with van der Waals surface area (Å²) in [6.07, 6.45) is 1.50. The van der Waals surface area contributed by atoms with Crippen LogP contribution < -0.4 is 9.47 Å². The molecule has 3 nitrogen and oxygen atoms in total. The Bertz CT molecular complexity index is 397. The number of ether oxygens (including phenoxy) is 2. The van der Waals surface area contributed by atoms with Gasteiger partial charge in [-0.05, 0) is 30.5 Å². The van der Waals surface area contributed by atoms with E-state index in [4.69, 9.17) is 9.47 Å². The van der Waals surface area contributed by atoms with Crippen molar-refractivity contribution in [3.63, 3.8) is 0 Å². The van der Waals surface area contributed by atoms with Gasteiger partial charge in [-0.15, -0.1) is 0 Å². The van der Waals surface area contributed by atoms with Crippen molar-refractivity contribution in [2.75, 3.05) is 13.7 Å². The molecule has 0 N–H and O–H groups in total. The maximum atomic E-state index is 11.6. The first-order valence-electron chi connectivity index (χ1n) is 6.42. The SMILES string of the molecule is CCC(=O)c1ccc(OCCC(C)C)c(OC)c1. The van der Waals surface area contributed by atoms with E-state index in [0.717, 1.165) is 6.42 Å². The topological polar surface area (TPSA) is 35.5 Å². The normalized spacial score (nSPS) is 10.5. The zero-order valence-corrected chi connectivity index (χ0v) is 11.7. The lowest BCUT2D eigenvalue weighted by Crippen LogP contribution is -2.04. The van der Waals surface area contributed by atoms with Crippen LogP contribution in [0.3, 0.4) is 0 Å². The van der Waals surface area contributed by atoms with Crippen LogP contribution >= 0.6 is 0 Å². The molecule has 0 saturated heterocycles. The molecule has 1 rings (SSSR count). The number of Topliss-reactive ketones (excluding diaryl/α,β-unsaturated/α-hetero) is 1. The third kappa shape index (κ3) is 4.06. The Morgan fingerprint density at radius 2 is 2.00 bits per heavy atom. The third-order valence-corrected chi connectivity index (χ3v) is 2.76. The minimum atomic E-state index is 0.113. The summed E-state index contributed by atoms with van der Waals surface area (Å²) in [4.78, 5) is 11.6. The largest absolute Gasteiger partial charge is 0.493 e. The van der Waals surface area contributed by atoms with E-state index in [0.29, 0.717) is 36.0 Å². The quantitative estimate of drug-likeness (QED) is 0.692. The molecule has 1 aromatic rings. The van der Waals surface area contributed by atoms with Gasteiger partial charge < -0.3 is 9.47 Å². The maximum Gasteiger partial charge on any atom is 0.162 e. The van der Waals surface area contributed by atoms with E-state index in [1.54, 1.807) is 19.2 Å². The molecule has 100 valence electrons. The molecule has 1 aromatic carbocycles. The molecule has 18 heavy (non-hydrogen) atoms. The van der Waals surface area contributed by atoms with Gasteiger partial charge in [-0.25, -0.2) is 0 Å². The Labute approximate surface area is 109 Å². The molecule has 0 fully saturated rings. The van der Waals surface area contributed by atoms with Crippen LogP contribution in [0.1, 0.15) is 44.0 Å². The number of benzene rings is 1. The molecule has 0 spiro atoms. The van der Waals surface area contributed by atoms with Gasteiger partial charge in [-0.3, -0.25) is 4.79 Å². The van der Waals surface area contributed by atoms with E-state index in [2.05, 4.69) is 13.8 Å². The highest BCUT2D eigenvalue weighted by Crippen LogP contribution is 2.28. The molecule has 0 aromatic heterocycles. The summed E-state index contributed by atoms with van der Waals surface area (Å²) < 4.78 is 10.9. The smallest absolute Gasteiger partial charge is 0.162 e. The summed E-state index contributed by atoms with van der Waals surface area (Å²) >= 11 is 0. The first-order chi connectivity index (χ1) is 8.58. The van der Waals surface area contributed by atoms with E-state index in [1.807, 2.05) is 13.0 Å². The van der Waals surface area contributed by atoms with Gasteiger partial charge in [0.15, 0.2) is 17.3 Å². The molecular formula is C15H22O3. The van der Waals surface area contributed by atoms with Crippen molar-refractivity contribution in [2.24, 2.45) is 5.92 Å². The summed E-state index contributed by atoms with van der Waals surface area (Å²) in [5.74, 6) is 2.04. The van der Waals surface area contributed by atoms with Crippen LogP contribution in [-0.4, -0.2) is 19.5 Å². The van der Waals surface area contributed by atoms with Crippen molar-refractivity contribution in [1.82, 2.24) is 0 Å². The average molecular weight is 250 g/mol. The van der Waals surface area contributed by atoms with Crippen molar-refractivity contribution in [3.05, 3.63) is 23.8 Å². The van der Waals surface area contributed by atoms with Crippen molar-refractivity contribution < 1.29 is 14.3 Å². The molecule has 0 unspecified atom stereocenters. The molecule has 0 aliphatic rings. The highest BCUT2D eigenvalue weighted by molar-refractivity contribution is 5.96. The van der Waals surface area contributed by atoms with Crippen LogP contribution in [0.5, 0.6) is 11.5 Å². The van der Waals surface area contributed by atoms with E-state index < -0.39 is 0 Å². The average Bonchev–Trinajstić information content (AvgIpc) is 2.37. The molecule has 0 saturated carbocycles. The second-order valence-corrected chi connectivity index (χ2v) is 4.67. The lowest BCUT2D eigenvalue weighted by molar-refractivity contribution is 0.0987. The third-order valence-electron chi connectivity index (χ3n) is 2.76. The summed E-state index contributed by atoms with van der Waals surface area (Å²) in [6, 6.07) is 5.34. The van der Waals surface area contributed by atoms with Crippen LogP contribution in [-0.2, 0) is 0 Å². The first-order valence-corrected chi connectivity index (χ1v) is 6.42. The van der Waals surface area contributed by atoms with Crippen LogP contribution in [0.25, 0.3) is 0 Å². The molecule has 0 heterocycles. The second kappa shape index (κ2) is 7.04. The monoisotopic (exact) mass is 250 g/mol. The van der Waals surface area contributed by atoms with Gasteiger partial charge in [-0.2, -0.15) is 0 Å². The number of rotatable bonds is 7. The first kappa shape index (κ1) is 14.6. The minimum Gasteiger partial charge on any atom is -0.493 e. The predicted molar refractivity (Wildman–Crippen MR) is 72.6 cm³/mol. The zero-order valence-electron chi connectivity index (χ0n) is 11.7. The Morgan fingerprint density at radius 3 is 2.56 bits per heavy atom. The Hall–Kier alpha value is -1.51. The lowest BCUT2D eigenvalue weighted by atomic mass is 10.1. The van der Waals surface area contributed by atoms with E-state index in [1.165, 1.54) is 0 Å². The van der Waals surface area contributed by atoms with Gasteiger partial charge in [0.2, 0.25) is 0 Å². The number of hydrogen-bond donors (Lipinski definition) is 0. The Morgan fingerprint density at radius 1 is 1.28 bits per heavy atom. The maximum absolute atomic E-state index is 11.6. The number of methoxy groups -OCH3 is 1. The minimum absolute atomic E-state index is 0.113. The molecule has 0 aliphatic heterocycles. The number of ketones is 1. The highest BCUT2D eigenvalue weighted by atomic mass is 16.5. The van der Waals surface area contributed by atoms with Crippen LogP contribution in [0.2, 0.25) is 0 Å². The molecule has 0 bridgehead atoms. The van der Waals surface area contributed by atoms with Crippen molar-refractivity contribution in [3.8, 4) is 11.5 Å². The fourth-order valence-electron chi connectivity index (χ4n) is 1.57. The predicted octanol–water partition coefficient (Wildman–Crippen LogP) is 3.71. The van der Waals surface area contributed by atoms with Gasteiger partial charge >= 0.3 is 0 Å². The molecule has 0 amide bonds. The molecule has 0 aliphatic carbocycles. The van der Waals surface area contributed by atoms with Crippen LogP contribution in [0.4, 0.5) is 0 Å². The summed E-state index contributed by atoms with van der Waals surface area (Å²) in [5, 5.41) is 0. The molecule has 0 atom stereocenters. The van der Waals surface area contributed by atoms with Crippen molar-refractivity contribution in [2.45, 2.75) is 33.6 Å². The van der Waals surface area contributed by atoms with Gasteiger partial charge in [0, 0.05) is 12.0 Å². The van der Waals surface area contributed by atoms with Gasteiger partial charge in [0.1, 0.15) is 0 Å². The fourth-order valence-corrected chi connectivity index (χ4v) is 1.57. The van der Waals surface area contributed by atoms with Crippen LogP contribution in [0, 0.1) is 5.92 Å². The van der Waals surface area contributed by atoms with Gasteiger partial charge in [-0.1, -0.05) is 20.8 Å². The summed E-state index contributed by atoms with van der Waals surface area (Å²) in [6.45, 7) is 6.82. The highest BCUT2D eigenvalue weighted by Gasteiger charge is 2.09. The number of hydrogen-bond acceptors (Lipinski definition) is 3. The van der Waals surface area contributed by atoms with Crippen molar-refractivity contribution >= 4 is 5.78 Å². The molecule has 3 heteroatoms. The summed E-state index contributed by atoms with van der Waals surface area (Å²) in [5.41, 5.74) is 0.672. The van der Waals surface area contributed by atoms with E-state index >= 15 is 0 Å². The fraction of sp³-hybridized carbons (Fsp3) is 0.533. The standard InChI is InChI=1S/C15H22O3/c1-5-13(16)12-6-7-14(15(10-12)17-4)18-9-8-11(2)3/h6-7,10-11H,5,8-9H2,1-4H3. The van der Waals surface area contributed by atoms with Crippen molar-refractivity contribution in [1.29, 1.82) is 0 Å². The number of carbonyl (C=O) groups is 1. The molecule has 0 radical (unpaired) electrons. The second-order valence-electron chi connectivity index (χ2n) is 4.67. The zero-order chi connectivity index (χ0) is 13.5. The van der Waals surface area contributed by atoms with E-state index in [-0.39, 0.29) is 5.78 Å². The van der Waals surface area contributed by atoms with Crippen LogP contribution in [0.15, 0.2) is 18.2 Å². The Balaban J connectivity index is 2.77. The van der Waals surface area contributed by atoms with E-state index in [9.17, 15) is 4.79 Å². The molecular weight excluding hydrogens is 228 g/mol. The van der Waals surface area contributed by atoms with Gasteiger partial charge in [0.05, 0.1) is 13.7 Å². The number of carbonyl (C=O) groups excluding carboxylic acids is 1.